The minimum atomic E-state index is -0.263. The molecule has 0 spiro atoms. The molecule has 5 heteroatoms. The molecule has 5 nitrogen and oxygen atoms in total. The molecule has 0 saturated carbocycles. The third kappa shape index (κ3) is 2.67. The van der Waals surface area contributed by atoms with Gasteiger partial charge in [-0.25, -0.2) is 0 Å². The Bertz CT molecular complexity index is 439. The van der Waals surface area contributed by atoms with Crippen LogP contribution in [0.4, 0.5) is 0 Å². The molecule has 2 rings (SSSR count). The molecule has 1 aliphatic heterocycles. The average molecular weight is 236 g/mol. The lowest BCUT2D eigenvalue weighted by atomic mass is 10.1. The molecule has 1 saturated heterocycles. The summed E-state index contributed by atoms with van der Waals surface area (Å²) in [4.78, 5) is 22.8. The molecule has 2 atom stereocenters. The van der Waals surface area contributed by atoms with Crippen molar-refractivity contribution in [3.63, 3.8) is 0 Å². The molecule has 2 amide bonds. The van der Waals surface area contributed by atoms with E-state index in [9.17, 15) is 9.59 Å². The van der Waals surface area contributed by atoms with Crippen LogP contribution in [-0.4, -0.2) is 18.4 Å². The number of rotatable bonds is 3. The summed E-state index contributed by atoms with van der Waals surface area (Å²) >= 11 is 0. The number of nitrogens with one attached hydrogen (secondary N) is 2. The second-order valence-corrected chi connectivity index (χ2v) is 4.38. The lowest BCUT2D eigenvalue weighted by Crippen LogP contribution is -2.33. The highest BCUT2D eigenvalue weighted by Crippen LogP contribution is 2.17. The van der Waals surface area contributed by atoms with E-state index in [2.05, 4.69) is 10.6 Å². The fourth-order valence-electron chi connectivity index (χ4n) is 1.88. The molecule has 1 aromatic rings. The summed E-state index contributed by atoms with van der Waals surface area (Å²) in [6.45, 7) is 4.15. The van der Waals surface area contributed by atoms with E-state index < -0.39 is 0 Å². The van der Waals surface area contributed by atoms with Crippen molar-refractivity contribution in [3.8, 4) is 0 Å². The van der Waals surface area contributed by atoms with Crippen LogP contribution in [0.2, 0.25) is 0 Å². The van der Waals surface area contributed by atoms with Gasteiger partial charge < -0.3 is 15.1 Å². The van der Waals surface area contributed by atoms with Crippen LogP contribution in [0.15, 0.2) is 16.5 Å². The molecule has 1 aromatic heterocycles. The Morgan fingerprint density at radius 3 is 2.88 bits per heavy atom. The first-order valence-electron chi connectivity index (χ1n) is 5.69. The van der Waals surface area contributed by atoms with E-state index in [0.717, 1.165) is 11.5 Å². The molecule has 1 fully saturated rings. The van der Waals surface area contributed by atoms with Crippen LogP contribution in [0.1, 0.15) is 30.9 Å². The number of aryl methyl sites for hydroxylation is 1. The van der Waals surface area contributed by atoms with Gasteiger partial charge in [0.15, 0.2) is 0 Å². The number of furan rings is 1. The highest BCUT2D eigenvalue weighted by molar-refractivity contribution is 5.89. The smallest absolute Gasteiger partial charge is 0.225 e. The Hall–Kier alpha value is -1.78. The Kier molecular flexibility index (Phi) is 3.17. The molecular formula is C12H16N2O3. The molecule has 2 N–H and O–H groups in total. The molecule has 0 aliphatic carbocycles. The molecule has 0 bridgehead atoms. The van der Waals surface area contributed by atoms with Gasteiger partial charge in [-0.3, -0.25) is 9.59 Å². The number of hydrogen-bond donors (Lipinski definition) is 2. The van der Waals surface area contributed by atoms with E-state index in [-0.39, 0.29) is 30.2 Å². The van der Waals surface area contributed by atoms with Crippen LogP contribution in [0, 0.1) is 12.8 Å². The maximum absolute atomic E-state index is 11.8. The lowest BCUT2D eigenvalue weighted by Gasteiger charge is -2.14. The molecule has 1 aliphatic rings. The number of hydrogen-bond acceptors (Lipinski definition) is 3. The Balaban J connectivity index is 1.92. The van der Waals surface area contributed by atoms with Gasteiger partial charge in [0, 0.05) is 13.0 Å². The van der Waals surface area contributed by atoms with Gasteiger partial charge in [-0.1, -0.05) is 0 Å². The van der Waals surface area contributed by atoms with E-state index in [4.69, 9.17) is 4.42 Å². The molecule has 92 valence electrons. The first kappa shape index (κ1) is 11.7. The minimum absolute atomic E-state index is 0.0633. The first-order valence-corrected chi connectivity index (χ1v) is 5.69. The van der Waals surface area contributed by atoms with E-state index in [1.807, 2.05) is 26.0 Å². The number of carbonyl (C=O) groups is 2. The van der Waals surface area contributed by atoms with E-state index in [1.54, 1.807) is 0 Å². The second-order valence-electron chi connectivity index (χ2n) is 4.38. The Labute approximate surface area is 99.6 Å². The highest BCUT2D eigenvalue weighted by atomic mass is 16.3. The van der Waals surface area contributed by atoms with Crippen LogP contribution in [0.25, 0.3) is 0 Å². The summed E-state index contributed by atoms with van der Waals surface area (Å²) in [7, 11) is 0. The molecule has 17 heavy (non-hydrogen) atoms. The molecule has 0 radical (unpaired) electrons. The maximum atomic E-state index is 11.8. The summed E-state index contributed by atoms with van der Waals surface area (Å²) in [6, 6.07) is 3.53. The number of amides is 2. The SMILES string of the molecule is Cc1ccc(C(C)NC(=O)C2CNC(=O)C2)o1. The van der Waals surface area contributed by atoms with Gasteiger partial charge in [0.2, 0.25) is 11.8 Å². The third-order valence-corrected chi connectivity index (χ3v) is 2.89. The number of carbonyl (C=O) groups excluding carboxylic acids is 2. The van der Waals surface area contributed by atoms with Crippen LogP contribution < -0.4 is 10.6 Å². The van der Waals surface area contributed by atoms with Gasteiger partial charge in [0.25, 0.3) is 0 Å². The normalized spacial score (nSPS) is 21.1. The van der Waals surface area contributed by atoms with Crippen molar-refractivity contribution >= 4 is 11.8 Å². The molecule has 2 heterocycles. The quantitative estimate of drug-likeness (QED) is 0.819. The third-order valence-electron chi connectivity index (χ3n) is 2.89. The fourth-order valence-corrected chi connectivity index (χ4v) is 1.88. The van der Waals surface area contributed by atoms with Crippen molar-refractivity contribution in [1.29, 1.82) is 0 Å². The molecule has 2 unspecified atom stereocenters. The standard InChI is InChI=1S/C12H16N2O3/c1-7-3-4-10(17-7)8(2)14-12(16)9-5-11(15)13-6-9/h3-4,8-9H,5-6H2,1-2H3,(H,13,15)(H,14,16). The Morgan fingerprint density at radius 1 is 1.59 bits per heavy atom. The Morgan fingerprint density at radius 2 is 2.35 bits per heavy atom. The van der Waals surface area contributed by atoms with Crippen molar-refractivity contribution in [3.05, 3.63) is 23.7 Å². The molecule has 0 aromatic carbocycles. The van der Waals surface area contributed by atoms with Crippen molar-refractivity contribution in [2.24, 2.45) is 5.92 Å². The van der Waals surface area contributed by atoms with Gasteiger partial charge in [-0.2, -0.15) is 0 Å². The lowest BCUT2D eigenvalue weighted by molar-refractivity contribution is -0.127. The van der Waals surface area contributed by atoms with Gasteiger partial charge in [0.05, 0.1) is 12.0 Å². The minimum Gasteiger partial charge on any atom is -0.464 e. The molecular weight excluding hydrogens is 220 g/mol. The zero-order valence-electron chi connectivity index (χ0n) is 9.95. The van der Waals surface area contributed by atoms with Crippen molar-refractivity contribution in [2.75, 3.05) is 6.54 Å². The van der Waals surface area contributed by atoms with Gasteiger partial charge >= 0.3 is 0 Å². The van der Waals surface area contributed by atoms with Gasteiger partial charge in [-0.15, -0.1) is 0 Å². The zero-order chi connectivity index (χ0) is 12.4. The maximum Gasteiger partial charge on any atom is 0.225 e. The second kappa shape index (κ2) is 4.61. The average Bonchev–Trinajstić information content (AvgIpc) is 2.87. The first-order chi connectivity index (χ1) is 8.06. The summed E-state index contributed by atoms with van der Waals surface area (Å²) in [5.74, 6) is 1.12. The van der Waals surface area contributed by atoms with Crippen LogP contribution in [0.5, 0.6) is 0 Å². The fraction of sp³-hybridized carbons (Fsp3) is 0.500. The summed E-state index contributed by atoms with van der Waals surface area (Å²) in [5, 5.41) is 5.49. The van der Waals surface area contributed by atoms with Crippen molar-refractivity contribution in [1.82, 2.24) is 10.6 Å². The van der Waals surface area contributed by atoms with Gasteiger partial charge in [-0.05, 0) is 26.0 Å². The topological polar surface area (TPSA) is 71.3 Å². The zero-order valence-corrected chi connectivity index (χ0v) is 9.95. The van der Waals surface area contributed by atoms with Crippen LogP contribution >= 0.6 is 0 Å². The van der Waals surface area contributed by atoms with Crippen LogP contribution in [0.3, 0.4) is 0 Å². The largest absolute Gasteiger partial charge is 0.464 e. The van der Waals surface area contributed by atoms with Crippen molar-refractivity contribution < 1.29 is 14.0 Å². The summed E-state index contributed by atoms with van der Waals surface area (Å²) in [5.41, 5.74) is 0. The van der Waals surface area contributed by atoms with Gasteiger partial charge in [0.1, 0.15) is 11.5 Å². The predicted molar refractivity (Wildman–Crippen MR) is 61.1 cm³/mol. The predicted octanol–water partition coefficient (Wildman–Crippen LogP) is 0.901. The van der Waals surface area contributed by atoms with E-state index >= 15 is 0 Å². The summed E-state index contributed by atoms with van der Waals surface area (Å²) < 4.78 is 5.43. The van der Waals surface area contributed by atoms with E-state index in [1.165, 1.54) is 0 Å². The van der Waals surface area contributed by atoms with Crippen LogP contribution in [-0.2, 0) is 9.59 Å². The van der Waals surface area contributed by atoms with E-state index in [0.29, 0.717) is 6.54 Å². The summed E-state index contributed by atoms with van der Waals surface area (Å²) in [6.07, 6.45) is 0.274. The highest BCUT2D eigenvalue weighted by Gasteiger charge is 2.29. The van der Waals surface area contributed by atoms with Crippen molar-refractivity contribution in [2.45, 2.75) is 26.3 Å². The monoisotopic (exact) mass is 236 g/mol.